The molecule has 0 saturated heterocycles. The maximum absolute atomic E-state index is 12.2. The minimum atomic E-state index is -0.435. The molecule has 0 aliphatic carbocycles. The molecule has 0 atom stereocenters. The Morgan fingerprint density at radius 1 is 1.08 bits per heavy atom. The van der Waals surface area contributed by atoms with Gasteiger partial charge in [-0.2, -0.15) is 0 Å². The van der Waals surface area contributed by atoms with E-state index in [1.807, 2.05) is 30.5 Å². The summed E-state index contributed by atoms with van der Waals surface area (Å²) < 4.78 is 0. The van der Waals surface area contributed by atoms with Crippen LogP contribution in [0.5, 0.6) is 0 Å². The second-order valence-electron chi connectivity index (χ2n) is 5.14. The number of nitro benzene ring substituents is 1. The van der Waals surface area contributed by atoms with Gasteiger partial charge < -0.3 is 4.90 Å². The number of nitro groups is 1. The zero-order chi connectivity index (χ0) is 17.5. The lowest BCUT2D eigenvalue weighted by Crippen LogP contribution is -2.27. The third-order valence-electron chi connectivity index (χ3n) is 3.41. The molecule has 2 aromatic rings. The molecule has 0 aliphatic heterocycles. The van der Waals surface area contributed by atoms with Crippen molar-refractivity contribution in [1.29, 1.82) is 0 Å². The molecule has 0 fully saturated rings. The van der Waals surface area contributed by atoms with Gasteiger partial charge in [0.25, 0.3) is 5.69 Å². The van der Waals surface area contributed by atoms with Crippen LogP contribution in [0, 0.1) is 10.1 Å². The quantitative estimate of drug-likeness (QED) is 0.422. The van der Waals surface area contributed by atoms with Crippen LogP contribution in [0.25, 0.3) is 0 Å². The van der Waals surface area contributed by atoms with Gasteiger partial charge in [-0.1, -0.05) is 12.1 Å². The highest BCUT2D eigenvalue weighted by Crippen LogP contribution is 2.22. The van der Waals surface area contributed by atoms with Crippen molar-refractivity contribution >= 4 is 35.1 Å². The summed E-state index contributed by atoms with van der Waals surface area (Å²) in [5.74, 6) is 0.323. The monoisotopic (exact) mass is 362 g/mol. The average molecular weight is 362 g/mol. The van der Waals surface area contributed by atoms with Crippen molar-refractivity contribution in [3.05, 3.63) is 64.2 Å². The van der Waals surface area contributed by atoms with Crippen LogP contribution in [0.2, 0.25) is 0 Å². The normalized spacial score (nSPS) is 10.4. The van der Waals surface area contributed by atoms with E-state index in [-0.39, 0.29) is 11.6 Å². The van der Waals surface area contributed by atoms with Crippen LogP contribution in [0.4, 0.5) is 5.69 Å². The largest absolute Gasteiger partial charge is 0.341 e. The zero-order valence-corrected chi connectivity index (χ0v) is 15.1. The molecule has 0 aliphatic rings. The maximum Gasteiger partial charge on any atom is 0.269 e. The molecule has 0 heterocycles. The molecule has 0 spiro atoms. The van der Waals surface area contributed by atoms with Crippen LogP contribution in [-0.2, 0) is 11.3 Å². The van der Waals surface area contributed by atoms with E-state index in [9.17, 15) is 14.9 Å². The lowest BCUT2D eigenvalue weighted by atomic mass is 10.2. The molecule has 0 saturated carbocycles. The number of hydrogen-bond acceptors (Lipinski definition) is 5. The van der Waals surface area contributed by atoms with Gasteiger partial charge in [-0.3, -0.25) is 14.9 Å². The Labute approximate surface area is 149 Å². The fourth-order valence-electron chi connectivity index (χ4n) is 2.01. The van der Waals surface area contributed by atoms with E-state index >= 15 is 0 Å². The molecule has 0 bridgehead atoms. The standard InChI is InChI=1S/C17H18N2O3S2/c1-18(11-13-3-7-15(23-2)8-4-13)17(20)12-24-16-9-5-14(6-10-16)19(21)22/h3-10H,11-12H2,1-2H3. The van der Waals surface area contributed by atoms with Gasteiger partial charge in [-0.25, -0.2) is 0 Å². The van der Waals surface area contributed by atoms with Gasteiger partial charge in [0.15, 0.2) is 0 Å². The van der Waals surface area contributed by atoms with E-state index in [4.69, 9.17) is 0 Å². The number of benzene rings is 2. The highest BCUT2D eigenvalue weighted by atomic mass is 32.2. The van der Waals surface area contributed by atoms with Crippen LogP contribution in [0.1, 0.15) is 5.56 Å². The Hall–Kier alpha value is -1.99. The zero-order valence-electron chi connectivity index (χ0n) is 13.5. The first-order valence-electron chi connectivity index (χ1n) is 7.23. The van der Waals surface area contributed by atoms with Crippen molar-refractivity contribution in [1.82, 2.24) is 4.90 Å². The van der Waals surface area contributed by atoms with Crippen LogP contribution < -0.4 is 0 Å². The van der Waals surface area contributed by atoms with E-state index in [2.05, 4.69) is 0 Å². The predicted octanol–water partition coefficient (Wildman–Crippen LogP) is 4.07. The smallest absolute Gasteiger partial charge is 0.269 e. The molecular formula is C17H18N2O3S2. The summed E-state index contributed by atoms with van der Waals surface area (Å²) in [5.41, 5.74) is 1.14. The SMILES string of the molecule is CSc1ccc(CN(C)C(=O)CSc2ccc([N+](=O)[O-])cc2)cc1. The molecule has 24 heavy (non-hydrogen) atoms. The first kappa shape index (κ1) is 18.4. The number of hydrogen-bond donors (Lipinski definition) is 0. The van der Waals surface area contributed by atoms with Gasteiger partial charge in [0.05, 0.1) is 10.7 Å². The first-order valence-corrected chi connectivity index (χ1v) is 9.45. The number of rotatable bonds is 7. The topological polar surface area (TPSA) is 63.5 Å². The summed E-state index contributed by atoms with van der Waals surface area (Å²) in [4.78, 5) is 26.1. The number of carbonyl (C=O) groups excluding carboxylic acids is 1. The third kappa shape index (κ3) is 5.28. The van der Waals surface area contributed by atoms with E-state index in [0.29, 0.717) is 12.3 Å². The summed E-state index contributed by atoms with van der Waals surface area (Å²) in [7, 11) is 1.78. The Bertz CT molecular complexity index is 703. The summed E-state index contributed by atoms with van der Waals surface area (Å²) in [6.07, 6.45) is 2.03. The van der Waals surface area contributed by atoms with E-state index < -0.39 is 4.92 Å². The number of carbonyl (C=O) groups is 1. The second kappa shape index (κ2) is 8.75. The first-order chi connectivity index (χ1) is 11.5. The molecule has 1 amide bonds. The predicted molar refractivity (Wildman–Crippen MR) is 98.5 cm³/mol. The van der Waals surface area contributed by atoms with E-state index in [1.54, 1.807) is 35.8 Å². The van der Waals surface area contributed by atoms with Crippen molar-refractivity contribution < 1.29 is 9.72 Å². The maximum atomic E-state index is 12.2. The van der Waals surface area contributed by atoms with Crippen molar-refractivity contribution in [2.45, 2.75) is 16.3 Å². The fraction of sp³-hybridized carbons (Fsp3) is 0.235. The van der Waals surface area contributed by atoms with Gasteiger partial charge in [0.2, 0.25) is 5.91 Å². The van der Waals surface area contributed by atoms with Crippen LogP contribution in [0.3, 0.4) is 0 Å². The molecule has 0 N–H and O–H groups in total. The molecule has 126 valence electrons. The van der Waals surface area contributed by atoms with Crippen LogP contribution in [0.15, 0.2) is 58.3 Å². The highest BCUT2D eigenvalue weighted by Gasteiger charge is 2.11. The summed E-state index contributed by atoms with van der Waals surface area (Å²) in [6, 6.07) is 14.4. The molecule has 0 aromatic heterocycles. The second-order valence-corrected chi connectivity index (χ2v) is 7.07. The highest BCUT2D eigenvalue weighted by molar-refractivity contribution is 8.00. The molecule has 2 rings (SSSR count). The average Bonchev–Trinajstić information content (AvgIpc) is 2.60. The Morgan fingerprint density at radius 3 is 2.21 bits per heavy atom. The van der Waals surface area contributed by atoms with Crippen molar-refractivity contribution in [3.63, 3.8) is 0 Å². The van der Waals surface area contributed by atoms with Crippen molar-refractivity contribution in [3.8, 4) is 0 Å². The Kier molecular flexibility index (Phi) is 6.69. The number of non-ortho nitro benzene ring substituents is 1. The van der Waals surface area contributed by atoms with Crippen LogP contribution >= 0.6 is 23.5 Å². The lowest BCUT2D eigenvalue weighted by Gasteiger charge is -2.17. The Morgan fingerprint density at radius 2 is 1.67 bits per heavy atom. The number of nitrogens with zero attached hydrogens (tertiary/aromatic N) is 2. The summed E-state index contributed by atoms with van der Waals surface area (Å²) in [6.45, 7) is 0.564. The van der Waals surface area contributed by atoms with Gasteiger partial charge in [0, 0.05) is 35.5 Å². The summed E-state index contributed by atoms with van der Waals surface area (Å²) in [5, 5.41) is 10.6. The number of amides is 1. The molecular weight excluding hydrogens is 344 g/mol. The molecule has 7 heteroatoms. The van der Waals surface area contributed by atoms with E-state index in [1.165, 1.54) is 28.8 Å². The van der Waals surface area contributed by atoms with E-state index in [0.717, 1.165) is 10.5 Å². The van der Waals surface area contributed by atoms with Gasteiger partial charge >= 0.3 is 0 Å². The van der Waals surface area contributed by atoms with Gasteiger partial charge in [-0.15, -0.1) is 23.5 Å². The third-order valence-corrected chi connectivity index (χ3v) is 5.15. The minimum Gasteiger partial charge on any atom is -0.341 e. The van der Waals surface area contributed by atoms with Gasteiger partial charge in [-0.05, 0) is 36.1 Å². The van der Waals surface area contributed by atoms with Crippen molar-refractivity contribution in [2.24, 2.45) is 0 Å². The van der Waals surface area contributed by atoms with Crippen LogP contribution in [-0.4, -0.2) is 34.8 Å². The van der Waals surface area contributed by atoms with Crippen molar-refractivity contribution in [2.75, 3.05) is 19.1 Å². The molecule has 0 radical (unpaired) electrons. The summed E-state index contributed by atoms with van der Waals surface area (Å²) >= 11 is 3.06. The lowest BCUT2D eigenvalue weighted by molar-refractivity contribution is -0.384. The Balaban J connectivity index is 1.85. The fourth-order valence-corrected chi connectivity index (χ4v) is 3.26. The molecule has 2 aromatic carbocycles. The minimum absolute atomic E-state index is 0.0206. The van der Waals surface area contributed by atoms with Gasteiger partial charge in [0.1, 0.15) is 0 Å². The molecule has 0 unspecified atom stereocenters. The molecule has 5 nitrogen and oxygen atoms in total. The number of thioether (sulfide) groups is 2.